The van der Waals surface area contributed by atoms with E-state index < -0.39 is 53.8 Å². The number of carbonyl (C=O) groups excluding carboxylic acids is 6. The summed E-state index contributed by atoms with van der Waals surface area (Å²) < 4.78 is 10.2. The molecule has 1 aromatic carbocycles. The number of carbonyl (C=O) groups is 6. The Morgan fingerprint density at radius 3 is 2.29 bits per heavy atom. The maximum absolute atomic E-state index is 13.7. The zero-order valence-electron chi connectivity index (χ0n) is 28.9. The monoisotopic (exact) mass is 680 g/mol. The first-order valence-electron chi connectivity index (χ1n) is 16.5. The third-order valence-corrected chi connectivity index (χ3v) is 7.91. The van der Waals surface area contributed by atoms with Crippen molar-refractivity contribution in [2.24, 2.45) is 17.8 Å². The molecule has 14 heteroatoms. The third-order valence-electron chi connectivity index (χ3n) is 7.91. The first-order valence-corrected chi connectivity index (χ1v) is 16.5. The number of rotatable bonds is 17. The summed E-state index contributed by atoms with van der Waals surface area (Å²) in [5.74, 6) is -3.35. The molecule has 0 radical (unpaired) electrons. The topological polar surface area (TPSA) is 198 Å². The van der Waals surface area contributed by atoms with Crippen molar-refractivity contribution < 1.29 is 38.0 Å². The first kappa shape index (κ1) is 38.4. The van der Waals surface area contributed by atoms with Gasteiger partial charge in [-0.1, -0.05) is 69.3 Å². The van der Waals surface area contributed by atoms with E-state index in [9.17, 15) is 28.8 Å². The van der Waals surface area contributed by atoms with E-state index in [-0.39, 0.29) is 48.8 Å². The number of ether oxygens (including phenoxy) is 1. The molecule has 0 unspecified atom stereocenters. The number of aryl methyl sites for hydroxylation is 1. The molecule has 1 aliphatic rings. The first-order chi connectivity index (χ1) is 23.2. The van der Waals surface area contributed by atoms with E-state index in [1.807, 2.05) is 44.2 Å². The van der Waals surface area contributed by atoms with Gasteiger partial charge < -0.3 is 35.8 Å². The molecular formula is C35H48N6O8. The molecule has 5 N–H and O–H groups in total. The molecule has 14 nitrogen and oxygen atoms in total. The molecule has 49 heavy (non-hydrogen) atoms. The van der Waals surface area contributed by atoms with Crippen molar-refractivity contribution in [1.29, 1.82) is 0 Å². The molecule has 5 atom stereocenters. The van der Waals surface area contributed by atoms with Gasteiger partial charge in [-0.05, 0) is 50.5 Å². The Kier molecular flexibility index (Phi) is 14.5. The van der Waals surface area contributed by atoms with Crippen molar-refractivity contribution >= 4 is 35.5 Å². The second-order valence-corrected chi connectivity index (χ2v) is 13.0. The normalized spacial score (nSPS) is 16.8. The minimum Gasteiger partial charge on any atom is -0.458 e. The van der Waals surface area contributed by atoms with Crippen LogP contribution in [-0.2, 0) is 35.3 Å². The van der Waals surface area contributed by atoms with Crippen LogP contribution in [-0.4, -0.2) is 71.4 Å². The van der Waals surface area contributed by atoms with Crippen LogP contribution in [0.25, 0.3) is 0 Å². The zero-order valence-corrected chi connectivity index (χ0v) is 28.9. The average Bonchev–Trinajstić information content (AvgIpc) is 3.68. The maximum Gasteiger partial charge on any atom is 0.330 e. The molecule has 2 heterocycles. The average molecular weight is 681 g/mol. The highest BCUT2D eigenvalue weighted by Gasteiger charge is 2.33. The zero-order chi connectivity index (χ0) is 36.1. The molecule has 3 rings (SSSR count). The van der Waals surface area contributed by atoms with Crippen LogP contribution in [0.1, 0.15) is 75.7 Å². The Balaban J connectivity index is 1.68. The van der Waals surface area contributed by atoms with Crippen molar-refractivity contribution in [3.63, 3.8) is 0 Å². The largest absolute Gasteiger partial charge is 0.458 e. The quantitative estimate of drug-likeness (QED) is 0.123. The van der Waals surface area contributed by atoms with E-state index in [0.29, 0.717) is 18.7 Å². The number of nitrogens with zero attached hydrogens (tertiary/aromatic N) is 1. The number of hydrogen-bond donors (Lipinski definition) is 5. The standard InChI is InChI=1S/C35H48N6O8/c1-20(2)16-27(39-35(47)30(21(3)4)40-31(43)23(6)37-34(46)28-17-22(5)49-41-28)33(45)38-26(18-25-14-15-36-32(25)44)12-13-29(42)48-19-24-10-8-7-9-11-24/h7-13,17,20-21,23,25-27,30H,14-16,18-19H2,1-6H3,(H,36,44)(H,37,46)(H,38,45)(H,39,47)(H,40,43)/b13-12-/t23-,25-,26+,27-,30-/m0/s1. The van der Waals surface area contributed by atoms with Gasteiger partial charge in [0, 0.05) is 30.6 Å². The Hall–Kier alpha value is -5.01. The lowest BCUT2D eigenvalue weighted by Crippen LogP contribution is -2.58. The number of amides is 5. The Labute approximate surface area is 286 Å². The molecular weight excluding hydrogens is 632 g/mol. The second kappa shape index (κ2) is 18.5. The van der Waals surface area contributed by atoms with E-state index in [0.717, 1.165) is 5.56 Å². The van der Waals surface area contributed by atoms with E-state index in [1.54, 1.807) is 20.8 Å². The van der Waals surface area contributed by atoms with Crippen molar-refractivity contribution in [2.75, 3.05) is 6.54 Å². The summed E-state index contributed by atoms with van der Waals surface area (Å²) in [5, 5.41) is 17.3. The highest BCUT2D eigenvalue weighted by Crippen LogP contribution is 2.18. The molecule has 266 valence electrons. The molecule has 0 saturated carbocycles. The predicted molar refractivity (Wildman–Crippen MR) is 179 cm³/mol. The third kappa shape index (κ3) is 12.5. The molecule has 5 amide bonds. The van der Waals surface area contributed by atoms with E-state index >= 15 is 0 Å². The van der Waals surface area contributed by atoms with Crippen molar-refractivity contribution in [1.82, 2.24) is 31.7 Å². The molecule has 2 aromatic rings. The van der Waals surface area contributed by atoms with Gasteiger partial charge in [0.1, 0.15) is 30.5 Å². The molecule has 1 aliphatic heterocycles. The summed E-state index contributed by atoms with van der Waals surface area (Å²) in [5.41, 5.74) is 0.837. The lowest BCUT2D eigenvalue weighted by molar-refractivity contribution is -0.139. The Morgan fingerprint density at radius 2 is 1.69 bits per heavy atom. The van der Waals surface area contributed by atoms with Gasteiger partial charge in [0.2, 0.25) is 23.6 Å². The van der Waals surface area contributed by atoms with Gasteiger partial charge in [0.05, 0.1) is 0 Å². The summed E-state index contributed by atoms with van der Waals surface area (Å²) >= 11 is 0. The van der Waals surface area contributed by atoms with Crippen LogP contribution in [0.3, 0.4) is 0 Å². The Bertz CT molecular complexity index is 1490. The molecule has 0 spiro atoms. The van der Waals surface area contributed by atoms with Crippen LogP contribution in [0.4, 0.5) is 0 Å². The molecule has 1 aromatic heterocycles. The smallest absolute Gasteiger partial charge is 0.330 e. The molecule has 1 fully saturated rings. The second-order valence-electron chi connectivity index (χ2n) is 13.0. The minimum absolute atomic E-state index is 0.00103. The summed E-state index contributed by atoms with van der Waals surface area (Å²) in [4.78, 5) is 77.6. The number of esters is 1. The number of hydrogen-bond acceptors (Lipinski definition) is 9. The fraction of sp³-hybridized carbons (Fsp3) is 0.514. The van der Waals surface area contributed by atoms with E-state index in [1.165, 1.54) is 25.1 Å². The van der Waals surface area contributed by atoms with Crippen molar-refractivity contribution in [2.45, 2.75) is 91.6 Å². The Morgan fingerprint density at radius 1 is 0.980 bits per heavy atom. The number of benzene rings is 1. The minimum atomic E-state index is -1.03. The molecule has 1 saturated heterocycles. The fourth-order valence-corrected chi connectivity index (χ4v) is 5.20. The summed E-state index contributed by atoms with van der Waals surface area (Å²) in [7, 11) is 0. The van der Waals surface area contributed by atoms with Crippen molar-refractivity contribution in [3.05, 3.63) is 65.6 Å². The lowest BCUT2D eigenvalue weighted by Gasteiger charge is -2.28. The van der Waals surface area contributed by atoms with Crippen LogP contribution >= 0.6 is 0 Å². The van der Waals surface area contributed by atoms with Crippen LogP contribution in [0.2, 0.25) is 0 Å². The van der Waals surface area contributed by atoms with Gasteiger partial charge in [-0.15, -0.1) is 0 Å². The van der Waals surface area contributed by atoms with E-state index in [2.05, 4.69) is 31.7 Å². The van der Waals surface area contributed by atoms with E-state index in [4.69, 9.17) is 9.26 Å². The summed E-state index contributed by atoms with van der Waals surface area (Å²) in [6.45, 7) is 11.0. The van der Waals surface area contributed by atoms with Crippen LogP contribution in [0, 0.1) is 24.7 Å². The van der Waals surface area contributed by atoms with Gasteiger partial charge in [-0.25, -0.2) is 4.79 Å². The summed E-state index contributed by atoms with van der Waals surface area (Å²) in [6, 6.07) is 6.89. The van der Waals surface area contributed by atoms with Gasteiger partial charge in [0.15, 0.2) is 5.69 Å². The SMILES string of the molecule is Cc1cc(C(=O)N[C@@H](C)C(=O)N[C@H](C(=O)N[C@@H](CC(C)C)C(=O)N[C@H](/C=C\C(=O)OCc2ccccc2)C[C@@H]2CCNC2=O)C(C)C)no1. The highest BCUT2D eigenvalue weighted by molar-refractivity contribution is 5.97. The predicted octanol–water partition coefficient (Wildman–Crippen LogP) is 2.08. The lowest BCUT2D eigenvalue weighted by atomic mass is 9.96. The fourth-order valence-electron chi connectivity index (χ4n) is 5.20. The number of aromatic nitrogens is 1. The maximum atomic E-state index is 13.7. The molecule has 0 aliphatic carbocycles. The highest BCUT2D eigenvalue weighted by atomic mass is 16.5. The van der Waals surface area contributed by atoms with Gasteiger partial charge in [-0.2, -0.15) is 0 Å². The van der Waals surface area contributed by atoms with Gasteiger partial charge in [-0.3, -0.25) is 24.0 Å². The molecule has 0 bridgehead atoms. The van der Waals surface area contributed by atoms with Crippen LogP contribution < -0.4 is 26.6 Å². The van der Waals surface area contributed by atoms with Crippen LogP contribution in [0.5, 0.6) is 0 Å². The number of nitrogens with one attached hydrogen (secondary N) is 5. The van der Waals surface area contributed by atoms with Crippen LogP contribution in [0.15, 0.2) is 53.1 Å². The van der Waals surface area contributed by atoms with Crippen molar-refractivity contribution in [3.8, 4) is 0 Å². The van der Waals surface area contributed by atoms with Gasteiger partial charge in [0.25, 0.3) is 5.91 Å². The summed E-state index contributed by atoms with van der Waals surface area (Å²) in [6.07, 6.45) is 3.82. The van der Waals surface area contributed by atoms with Gasteiger partial charge >= 0.3 is 5.97 Å².